The fourth-order valence-electron chi connectivity index (χ4n) is 2.67. The van der Waals surface area contributed by atoms with Gasteiger partial charge in [0.1, 0.15) is 5.82 Å². The van der Waals surface area contributed by atoms with Gasteiger partial charge in [-0.1, -0.05) is 17.7 Å². The van der Waals surface area contributed by atoms with E-state index in [1.807, 2.05) is 6.07 Å². The van der Waals surface area contributed by atoms with Crippen LogP contribution in [-0.4, -0.2) is 31.1 Å². The SMILES string of the molecule is Fc1ccc([C@H](c2ccsc2)N2CCNCC2)cc1Cl. The number of nitrogens with one attached hydrogen (secondary N) is 1. The van der Waals surface area contributed by atoms with E-state index >= 15 is 0 Å². The second-order valence-electron chi connectivity index (χ2n) is 4.92. The molecule has 0 spiro atoms. The van der Waals surface area contributed by atoms with E-state index in [1.165, 1.54) is 11.6 Å². The monoisotopic (exact) mass is 310 g/mol. The number of rotatable bonds is 3. The lowest BCUT2D eigenvalue weighted by Gasteiger charge is -2.35. The standard InChI is InChI=1S/C15H16ClFN2S/c16-13-9-11(1-2-14(13)17)15(12-3-8-20-10-12)19-6-4-18-5-7-19/h1-3,8-10,15,18H,4-7H2/t15-/m1/s1. The lowest BCUT2D eigenvalue weighted by molar-refractivity contribution is 0.198. The summed E-state index contributed by atoms with van der Waals surface area (Å²) in [6.07, 6.45) is 0. The molecular weight excluding hydrogens is 295 g/mol. The Hall–Kier alpha value is -0.940. The Morgan fingerprint density at radius 2 is 2.00 bits per heavy atom. The van der Waals surface area contributed by atoms with Crippen molar-refractivity contribution in [2.75, 3.05) is 26.2 Å². The molecule has 5 heteroatoms. The summed E-state index contributed by atoms with van der Waals surface area (Å²) in [5.41, 5.74) is 2.30. The molecule has 0 amide bonds. The van der Waals surface area contributed by atoms with Gasteiger partial charge in [0.2, 0.25) is 0 Å². The number of thiophene rings is 1. The van der Waals surface area contributed by atoms with Crippen molar-refractivity contribution in [3.63, 3.8) is 0 Å². The van der Waals surface area contributed by atoms with Gasteiger partial charge in [0.25, 0.3) is 0 Å². The first kappa shape index (κ1) is 14.0. The summed E-state index contributed by atoms with van der Waals surface area (Å²) in [5, 5.41) is 7.79. The first-order chi connectivity index (χ1) is 9.75. The van der Waals surface area contributed by atoms with Crippen molar-refractivity contribution in [1.29, 1.82) is 0 Å². The Kier molecular flexibility index (Phi) is 4.36. The van der Waals surface area contributed by atoms with Gasteiger partial charge in [-0.05, 0) is 40.1 Å². The zero-order chi connectivity index (χ0) is 13.9. The third kappa shape index (κ3) is 2.88. The van der Waals surface area contributed by atoms with E-state index < -0.39 is 0 Å². The molecule has 1 fully saturated rings. The smallest absolute Gasteiger partial charge is 0.141 e. The molecule has 0 saturated carbocycles. The average molecular weight is 311 g/mol. The van der Waals surface area contributed by atoms with Gasteiger partial charge in [0, 0.05) is 26.2 Å². The fraction of sp³-hybridized carbons (Fsp3) is 0.333. The van der Waals surface area contributed by atoms with Crippen LogP contribution in [0.5, 0.6) is 0 Å². The van der Waals surface area contributed by atoms with Crippen molar-refractivity contribution in [3.8, 4) is 0 Å². The van der Waals surface area contributed by atoms with Crippen LogP contribution in [0, 0.1) is 5.82 Å². The predicted molar refractivity (Wildman–Crippen MR) is 82.0 cm³/mol. The molecule has 0 radical (unpaired) electrons. The van der Waals surface area contributed by atoms with E-state index in [0.29, 0.717) is 0 Å². The quantitative estimate of drug-likeness (QED) is 0.933. The molecule has 1 saturated heterocycles. The van der Waals surface area contributed by atoms with E-state index in [1.54, 1.807) is 17.4 Å². The molecule has 3 rings (SSSR count). The van der Waals surface area contributed by atoms with Crippen LogP contribution in [0.25, 0.3) is 0 Å². The van der Waals surface area contributed by atoms with Gasteiger partial charge >= 0.3 is 0 Å². The number of halogens is 2. The summed E-state index contributed by atoms with van der Waals surface area (Å²) < 4.78 is 13.4. The number of benzene rings is 1. The molecule has 2 heterocycles. The summed E-state index contributed by atoms with van der Waals surface area (Å²) in [5.74, 6) is -0.361. The molecule has 1 atom stereocenters. The van der Waals surface area contributed by atoms with Gasteiger partial charge in [0.05, 0.1) is 11.1 Å². The Balaban J connectivity index is 1.98. The van der Waals surface area contributed by atoms with Gasteiger partial charge in [-0.15, -0.1) is 0 Å². The van der Waals surface area contributed by atoms with Crippen LogP contribution in [0.2, 0.25) is 5.02 Å². The molecule has 0 aliphatic carbocycles. The van der Waals surface area contributed by atoms with E-state index in [-0.39, 0.29) is 16.9 Å². The minimum atomic E-state index is -0.361. The van der Waals surface area contributed by atoms with Gasteiger partial charge in [0.15, 0.2) is 0 Å². The molecular formula is C15H16ClFN2S. The van der Waals surface area contributed by atoms with Crippen LogP contribution in [-0.2, 0) is 0 Å². The Morgan fingerprint density at radius 3 is 2.65 bits per heavy atom. The maximum absolute atomic E-state index is 13.4. The topological polar surface area (TPSA) is 15.3 Å². The highest BCUT2D eigenvalue weighted by molar-refractivity contribution is 7.08. The first-order valence-electron chi connectivity index (χ1n) is 6.67. The predicted octanol–water partition coefficient (Wildman–Crippen LogP) is 3.54. The van der Waals surface area contributed by atoms with E-state index in [0.717, 1.165) is 31.7 Å². The average Bonchev–Trinajstić information content (AvgIpc) is 2.98. The highest BCUT2D eigenvalue weighted by atomic mass is 35.5. The minimum Gasteiger partial charge on any atom is -0.314 e. The second kappa shape index (κ2) is 6.22. The molecule has 0 bridgehead atoms. The molecule has 2 aromatic rings. The summed E-state index contributed by atoms with van der Waals surface area (Å²) in [6.45, 7) is 3.93. The molecule has 20 heavy (non-hydrogen) atoms. The zero-order valence-corrected chi connectivity index (χ0v) is 12.6. The molecule has 1 aliphatic rings. The summed E-state index contributed by atoms with van der Waals surface area (Å²) in [7, 11) is 0. The van der Waals surface area contributed by atoms with E-state index in [4.69, 9.17) is 11.6 Å². The van der Waals surface area contributed by atoms with Crippen molar-refractivity contribution < 1.29 is 4.39 Å². The molecule has 2 nitrogen and oxygen atoms in total. The van der Waals surface area contributed by atoms with Gasteiger partial charge in [-0.3, -0.25) is 4.90 Å². The van der Waals surface area contributed by atoms with Crippen LogP contribution >= 0.6 is 22.9 Å². The number of nitrogens with zero attached hydrogens (tertiary/aromatic N) is 1. The highest BCUT2D eigenvalue weighted by Gasteiger charge is 2.24. The summed E-state index contributed by atoms with van der Waals surface area (Å²) >= 11 is 7.64. The third-order valence-electron chi connectivity index (χ3n) is 3.64. The Bertz CT molecular complexity index is 567. The number of hydrogen-bond donors (Lipinski definition) is 1. The lowest BCUT2D eigenvalue weighted by Crippen LogP contribution is -2.45. The molecule has 1 aromatic carbocycles. The number of hydrogen-bond acceptors (Lipinski definition) is 3. The van der Waals surface area contributed by atoms with E-state index in [9.17, 15) is 4.39 Å². The van der Waals surface area contributed by atoms with Crippen molar-refractivity contribution in [2.45, 2.75) is 6.04 Å². The van der Waals surface area contributed by atoms with Gasteiger partial charge < -0.3 is 5.32 Å². The lowest BCUT2D eigenvalue weighted by atomic mass is 9.99. The van der Waals surface area contributed by atoms with Crippen LogP contribution in [0.4, 0.5) is 4.39 Å². The van der Waals surface area contributed by atoms with Crippen LogP contribution in [0.1, 0.15) is 17.2 Å². The molecule has 0 unspecified atom stereocenters. The largest absolute Gasteiger partial charge is 0.314 e. The fourth-order valence-corrected chi connectivity index (χ4v) is 3.54. The maximum atomic E-state index is 13.4. The minimum absolute atomic E-state index is 0.154. The number of piperazine rings is 1. The summed E-state index contributed by atoms with van der Waals surface area (Å²) in [6, 6.07) is 7.34. The normalized spacial score (nSPS) is 18.1. The zero-order valence-electron chi connectivity index (χ0n) is 11.0. The first-order valence-corrected chi connectivity index (χ1v) is 7.99. The molecule has 106 valence electrons. The third-order valence-corrected chi connectivity index (χ3v) is 4.63. The maximum Gasteiger partial charge on any atom is 0.141 e. The van der Waals surface area contributed by atoms with Crippen LogP contribution in [0.3, 0.4) is 0 Å². The Morgan fingerprint density at radius 1 is 1.20 bits per heavy atom. The highest BCUT2D eigenvalue weighted by Crippen LogP contribution is 2.32. The van der Waals surface area contributed by atoms with Crippen molar-refractivity contribution in [1.82, 2.24) is 10.2 Å². The van der Waals surface area contributed by atoms with Gasteiger partial charge in [-0.25, -0.2) is 4.39 Å². The second-order valence-corrected chi connectivity index (χ2v) is 6.11. The Labute approximate surface area is 127 Å². The molecule has 1 aromatic heterocycles. The van der Waals surface area contributed by atoms with E-state index in [2.05, 4.69) is 27.0 Å². The molecule has 1 N–H and O–H groups in total. The van der Waals surface area contributed by atoms with Crippen molar-refractivity contribution >= 4 is 22.9 Å². The van der Waals surface area contributed by atoms with Crippen LogP contribution in [0.15, 0.2) is 35.0 Å². The molecule has 1 aliphatic heterocycles. The van der Waals surface area contributed by atoms with Crippen LogP contribution < -0.4 is 5.32 Å². The van der Waals surface area contributed by atoms with Crippen molar-refractivity contribution in [3.05, 3.63) is 57.0 Å². The summed E-state index contributed by atoms with van der Waals surface area (Å²) in [4.78, 5) is 2.42. The van der Waals surface area contributed by atoms with Crippen molar-refractivity contribution in [2.24, 2.45) is 0 Å². The van der Waals surface area contributed by atoms with Gasteiger partial charge in [-0.2, -0.15) is 11.3 Å².